The first kappa shape index (κ1) is 13.7. The fraction of sp³-hybridized carbons (Fsp3) is 0.462. The molecule has 0 bridgehead atoms. The molecule has 1 N–H and O–H groups in total. The molecule has 1 fully saturated rings. The van der Waals surface area contributed by atoms with E-state index >= 15 is 0 Å². The van der Waals surface area contributed by atoms with Gasteiger partial charge in [0.15, 0.2) is 0 Å². The van der Waals surface area contributed by atoms with Gasteiger partial charge in [0.25, 0.3) is 0 Å². The van der Waals surface area contributed by atoms with Crippen molar-refractivity contribution >= 4 is 11.6 Å². The predicted octanol–water partition coefficient (Wildman–Crippen LogP) is 2.74. The van der Waals surface area contributed by atoms with Crippen molar-refractivity contribution < 1.29 is 18.0 Å². The molecular formula is C13H15F3N2O. The van der Waals surface area contributed by atoms with Gasteiger partial charge >= 0.3 is 6.18 Å². The van der Waals surface area contributed by atoms with Gasteiger partial charge in [0.1, 0.15) is 0 Å². The van der Waals surface area contributed by atoms with E-state index in [4.69, 9.17) is 0 Å². The average molecular weight is 272 g/mol. The molecule has 3 nitrogen and oxygen atoms in total. The van der Waals surface area contributed by atoms with Gasteiger partial charge in [0, 0.05) is 18.8 Å². The summed E-state index contributed by atoms with van der Waals surface area (Å²) in [7, 11) is 1.74. The zero-order valence-corrected chi connectivity index (χ0v) is 10.5. The van der Waals surface area contributed by atoms with Crippen molar-refractivity contribution in [1.82, 2.24) is 4.90 Å². The van der Waals surface area contributed by atoms with Crippen molar-refractivity contribution in [2.75, 3.05) is 18.9 Å². The van der Waals surface area contributed by atoms with Crippen molar-refractivity contribution in [2.45, 2.75) is 25.1 Å². The lowest BCUT2D eigenvalue weighted by Crippen LogP contribution is -2.33. The van der Waals surface area contributed by atoms with E-state index in [1.54, 1.807) is 11.9 Å². The number of amides is 1. The van der Waals surface area contributed by atoms with E-state index in [0.717, 1.165) is 25.0 Å². The summed E-state index contributed by atoms with van der Waals surface area (Å²) in [6, 6.07) is 4.98. The Balaban J connectivity index is 1.87. The number of nitrogens with zero attached hydrogens (tertiary/aromatic N) is 1. The predicted molar refractivity (Wildman–Crippen MR) is 65.7 cm³/mol. The minimum absolute atomic E-state index is 0.0533. The maximum Gasteiger partial charge on any atom is 0.416 e. The van der Waals surface area contributed by atoms with Gasteiger partial charge in [-0.3, -0.25) is 4.79 Å². The van der Waals surface area contributed by atoms with Crippen LogP contribution in [0.5, 0.6) is 0 Å². The third-order valence-corrected chi connectivity index (χ3v) is 3.14. The topological polar surface area (TPSA) is 32.3 Å². The van der Waals surface area contributed by atoms with Crippen LogP contribution in [0.1, 0.15) is 18.4 Å². The lowest BCUT2D eigenvalue weighted by molar-refractivity contribution is -0.137. The Labute approximate surface area is 109 Å². The fourth-order valence-corrected chi connectivity index (χ4v) is 1.74. The molecule has 1 saturated carbocycles. The Hall–Kier alpha value is -1.72. The molecule has 0 unspecified atom stereocenters. The monoisotopic (exact) mass is 272 g/mol. The van der Waals surface area contributed by atoms with Crippen LogP contribution in [0.3, 0.4) is 0 Å². The van der Waals surface area contributed by atoms with Crippen LogP contribution in [0.15, 0.2) is 24.3 Å². The Bertz CT molecular complexity index is 452. The first-order chi connectivity index (χ1) is 8.88. The second kappa shape index (κ2) is 5.11. The number of hydrogen-bond donors (Lipinski definition) is 1. The number of anilines is 1. The fourth-order valence-electron chi connectivity index (χ4n) is 1.74. The second-order valence-electron chi connectivity index (χ2n) is 4.66. The Morgan fingerprint density at radius 3 is 2.37 bits per heavy atom. The van der Waals surface area contributed by atoms with Crippen molar-refractivity contribution in [3.8, 4) is 0 Å². The molecule has 1 aliphatic rings. The number of nitrogens with one attached hydrogen (secondary N) is 1. The maximum atomic E-state index is 12.4. The molecule has 1 aliphatic carbocycles. The van der Waals surface area contributed by atoms with Crippen LogP contribution in [-0.4, -0.2) is 30.4 Å². The van der Waals surface area contributed by atoms with E-state index in [0.29, 0.717) is 11.7 Å². The number of carbonyl (C=O) groups excluding carboxylic acids is 1. The number of benzene rings is 1. The summed E-state index contributed by atoms with van der Waals surface area (Å²) >= 11 is 0. The molecule has 1 amide bonds. The highest BCUT2D eigenvalue weighted by molar-refractivity contribution is 5.81. The average Bonchev–Trinajstić information content (AvgIpc) is 3.18. The minimum Gasteiger partial charge on any atom is -0.376 e. The molecule has 1 aromatic rings. The highest BCUT2D eigenvalue weighted by atomic mass is 19.4. The number of likely N-dealkylation sites (N-methyl/N-ethyl adjacent to an activating group) is 1. The number of rotatable bonds is 4. The summed E-state index contributed by atoms with van der Waals surface area (Å²) in [6.45, 7) is 0.0956. The van der Waals surface area contributed by atoms with Crippen molar-refractivity contribution in [3.05, 3.63) is 29.8 Å². The molecule has 104 valence electrons. The number of hydrogen-bond acceptors (Lipinski definition) is 2. The number of carbonyl (C=O) groups is 1. The molecule has 0 spiro atoms. The van der Waals surface area contributed by atoms with Gasteiger partial charge in [-0.05, 0) is 37.1 Å². The van der Waals surface area contributed by atoms with E-state index < -0.39 is 11.7 Å². The first-order valence-electron chi connectivity index (χ1n) is 6.05. The van der Waals surface area contributed by atoms with E-state index in [-0.39, 0.29) is 12.5 Å². The number of halogens is 3. The molecule has 0 heterocycles. The summed E-state index contributed by atoms with van der Waals surface area (Å²) < 4.78 is 37.1. The van der Waals surface area contributed by atoms with Gasteiger partial charge in [-0.1, -0.05) is 0 Å². The molecule has 6 heteroatoms. The van der Waals surface area contributed by atoms with Gasteiger partial charge in [0.2, 0.25) is 5.91 Å². The third-order valence-electron chi connectivity index (χ3n) is 3.14. The second-order valence-corrected chi connectivity index (χ2v) is 4.66. The molecule has 0 atom stereocenters. The van der Waals surface area contributed by atoms with Gasteiger partial charge in [-0.2, -0.15) is 13.2 Å². The molecule has 1 aromatic carbocycles. The normalized spacial score (nSPS) is 15.2. The minimum atomic E-state index is -4.33. The van der Waals surface area contributed by atoms with E-state index in [2.05, 4.69) is 5.32 Å². The summed E-state index contributed by atoms with van der Waals surface area (Å²) in [5.41, 5.74) is -0.190. The third kappa shape index (κ3) is 3.62. The van der Waals surface area contributed by atoms with Crippen LogP contribution >= 0.6 is 0 Å². The maximum absolute atomic E-state index is 12.4. The largest absolute Gasteiger partial charge is 0.416 e. The SMILES string of the molecule is CN(C(=O)CNc1ccc(C(F)(F)F)cc1)C1CC1. The Morgan fingerprint density at radius 1 is 1.32 bits per heavy atom. The summed E-state index contributed by atoms with van der Waals surface area (Å²) in [4.78, 5) is 13.4. The molecular weight excluding hydrogens is 257 g/mol. The van der Waals surface area contributed by atoms with Crippen LogP contribution in [0.25, 0.3) is 0 Å². The van der Waals surface area contributed by atoms with Crippen LogP contribution in [0.4, 0.5) is 18.9 Å². The molecule has 0 radical (unpaired) electrons. The highest BCUT2D eigenvalue weighted by Crippen LogP contribution is 2.30. The lowest BCUT2D eigenvalue weighted by atomic mass is 10.2. The molecule has 0 saturated heterocycles. The van der Waals surface area contributed by atoms with Crippen molar-refractivity contribution in [1.29, 1.82) is 0 Å². The lowest BCUT2D eigenvalue weighted by Gasteiger charge is -2.17. The Kier molecular flexibility index (Phi) is 3.68. The zero-order chi connectivity index (χ0) is 14.0. The van der Waals surface area contributed by atoms with E-state index in [9.17, 15) is 18.0 Å². The summed E-state index contributed by atoms with van der Waals surface area (Å²) in [5.74, 6) is -0.0533. The van der Waals surface area contributed by atoms with E-state index in [1.165, 1.54) is 12.1 Å². The standard InChI is InChI=1S/C13H15F3N2O/c1-18(11-6-7-11)12(19)8-17-10-4-2-9(3-5-10)13(14,15)16/h2-5,11,17H,6-8H2,1H3. The molecule has 0 aliphatic heterocycles. The van der Waals surface area contributed by atoms with Crippen molar-refractivity contribution in [3.63, 3.8) is 0 Å². The van der Waals surface area contributed by atoms with Gasteiger partial charge < -0.3 is 10.2 Å². The highest BCUT2D eigenvalue weighted by Gasteiger charge is 2.30. The summed E-state index contributed by atoms with van der Waals surface area (Å²) in [5, 5.41) is 2.83. The van der Waals surface area contributed by atoms with Gasteiger partial charge in [-0.25, -0.2) is 0 Å². The molecule has 0 aromatic heterocycles. The van der Waals surface area contributed by atoms with E-state index in [1.807, 2.05) is 0 Å². The first-order valence-corrected chi connectivity index (χ1v) is 6.05. The van der Waals surface area contributed by atoms with Crippen molar-refractivity contribution in [2.24, 2.45) is 0 Å². The van der Waals surface area contributed by atoms with Gasteiger partial charge in [-0.15, -0.1) is 0 Å². The molecule has 19 heavy (non-hydrogen) atoms. The van der Waals surface area contributed by atoms with Gasteiger partial charge in [0.05, 0.1) is 12.1 Å². The van der Waals surface area contributed by atoms with Crippen LogP contribution < -0.4 is 5.32 Å². The van der Waals surface area contributed by atoms with Crippen LogP contribution in [0.2, 0.25) is 0 Å². The smallest absolute Gasteiger partial charge is 0.376 e. The Morgan fingerprint density at radius 2 is 1.89 bits per heavy atom. The molecule has 2 rings (SSSR count). The number of alkyl halides is 3. The van der Waals surface area contributed by atoms with Crippen LogP contribution in [-0.2, 0) is 11.0 Å². The quantitative estimate of drug-likeness (QED) is 0.914. The summed E-state index contributed by atoms with van der Waals surface area (Å²) in [6.07, 6.45) is -2.27. The zero-order valence-electron chi connectivity index (χ0n) is 10.5. The van der Waals surface area contributed by atoms with Crippen LogP contribution in [0, 0.1) is 0 Å².